The fourth-order valence-corrected chi connectivity index (χ4v) is 0.459. The van der Waals surface area contributed by atoms with Crippen molar-refractivity contribution in [2.75, 3.05) is 5.73 Å². The van der Waals surface area contributed by atoms with E-state index in [4.69, 9.17) is 5.73 Å². The second kappa shape index (κ2) is 3.36. The molecular weight excluding hydrogens is 164 g/mol. The average molecular weight is 170 g/mol. The molecule has 0 atom stereocenters. The predicted molar refractivity (Wildman–Crippen MR) is 35.1 cm³/mol. The Balaban J connectivity index is 0.000000810. The van der Waals surface area contributed by atoms with Crippen molar-refractivity contribution in [1.82, 2.24) is 9.78 Å². The summed E-state index contributed by atoms with van der Waals surface area (Å²) in [5, 5.41) is 3.26. The molecule has 0 bridgehead atoms. The lowest BCUT2D eigenvalue weighted by molar-refractivity contribution is 0.0566. The van der Waals surface area contributed by atoms with Crippen LogP contribution in [-0.4, -0.2) is 9.78 Å². The molecule has 0 aromatic carbocycles. The van der Waals surface area contributed by atoms with Gasteiger partial charge in [0, 0.05) is 0 Å². The Morgan fingerprint density at radius 3 is 2.40 bits per heavy atom. The molecule has 0 saturated carbocycles. The van der Waals surface area contributed by atoms with Gasteiger partial charge in [-0.2, -0.15) is 13.9 Å². The first-order valence-electron chi connectivity index (χ1n) is 2.28. The van der Waals surface area contributed by atoms with E-state index in [0.29, 0.717) is 4.68 Å². The first-order valence-corrected chi connectivity index (χ1v) is 2.28. The van der Waals surface area contributed by atoms with Gasteiger partial charge in [0.15, 0.2) is 0 Å². The number of halogens is 3. The maximum Gasteiger partial charge on any atom is 0.333 e. The number of nitrogens with two attached hydrogens (primary N) is 1. The van der Waals surface area contributed by atoms with Gasteiger partial charge in [0.2, 0.25) is 0 Å². The van der Waals surface area contributed by atoms with Gasteiger partial charge in [-0.25, -0.2) is 4.68 Å². The van der Waals surface area contributed by atoms with Crippen LogP contribution in [-0.2, 0) is 0 Å². The number of rotatable bonds is 1. The third-order valence-corrected chi connectivity index (χ3v) is 0.821. The van der Waals surface area contributed by atoms with Crippen LogP contribution in [0.3, 0.4) is 0 Å². The molecule has 10 heavy (non-hydrogen) atoms. The van der Waals surface area contributed by atoms with Gasteiger partial charge in [0.25, 0.3) is 0 Å². The van der Waals surface area contributed by atoms with Crippen molar-refractivity contribution < 1.29 is 8.78 Å². The lowest BCUT2D eigenvalue weighted by atomic mass is 10.6. The molecule has 1 heterocycles. The average Bonchev–Trinajstić information content (AvgIpc) is 2.14. The van der Waals surface area contributed by atoms with Crippen molar-refractivity contribution in [3.05, 3.63) is 12.4 Å². The topological polar surface area (TPSA) is 43.8 Å². The highest BCUT2D eigenvalue weighted by Crippen LogP contribution is 2.09. The zero-order chi connectivity index (χ0) is 6.85. The molecular formula is C4H6ClF2N3. The number of nitrogen functional groups attached to an aromatic ring is 1. The minimum Gasteiger partial charge on any atom is -0.396 e. The van der Waals surface area contributed by atoms with Gasteiger partial charge >= 0.3 is 6.55 Å². The van der Waals surface area contributed by atoms with Gasteiger partial charge < -0.3 is 5.73 Å². The molecule has 6 heteroatoms. The van der Waals surface area contributed by atoms with Crippen LogP contribution in [0.25, 0.3) is 0 Å². The van der Waals surface area contributed by atoms with E-state index < -0.39 is 6.55 Å². The lowest BCUT2D eigenvalue weighted by Crippen LogP contribution is -1.96. The summed E-state index contributed by atoms with van der Waals surface area (Å²) in [6, 6.07) is 0. The Hall–Kier alpha value is -0.840. The van der Waals surface area contributed by atoms with E-state index in [-0.39, 0.29) is 18.1 Å². The van der Waals surface area contributed by atoms with E-state index in [2.05, 4.69) is 5.10 Å². The molecule has 0 saturated heterocycles. The summed E-state index contributed by atoms with van der Waals surface area (Å²) in [5.41, 5.74) is 5.35. The highest BCUT2D eigenvalue weighted by atomic mass is 35.5. The number of anilines is 1. The standard InChI is InChI=1S/C4H5F2N3.ClH/c5-4(6)9-2-3(7)1-8-9;/h1-2,4H,7H2;1H. The molecule has 0 aliphatic rings. The summed E-state index contributed by atoms with van der Waals surface area (Å²) in [6.45, 7) is -2.60. The molecule has 2 N–H and O–H groups in total. The molecule has 58 valence electrons. The Bertz CT molecular complexity index is 200. The number of hydrogen-bond acceptors (Lipinski definition) is 2. The van der Waals surface area contributed by atoms with Crippen molar-refractivity contribution in [3.63, 3.8) is 0 Å². The van der Waals surface area contributed by atoms with E-state index in [1.54, 1.807) is 0 Å². The van der Waals surface area contributed by atoms with Gasteiger partial charge in [-0.1, -0.05) is 0 Å². The largest absolute Gasteiger partial charge is 0.396 e. The Morgan fingerprint density at radius 1 is 1.60 bits per heavy atom. The fourth-order valence-electron chi connectivity index (χ4n) is 0.459. The smallest absolute Gasteiger partial charge is 0.333 e. The molecule has 3 nitrogen and oxygen atoms in total. The quantitative estimate of drug-likeness (QED) is 0.688. The van der Waals surface area contributed by atoms with Crippen molar-refractivity contribution in [1.29, 1.82) is 0 Å². The second-order valence-corrected chi connectivity index (χ2v) is 1.53. The summed E-state index contributed by atoms with van der Waals surface area (Å²) in [5.74, 6) is 0. The van der Waals surface area contributed by atoms with Crippen LogP contribution in [0, 0.1) is 0 Å². The van der Waals surface area contributed by atoms with Crippen molar-refractivity contribution >= 4 is 18.1 Å². The normalized spacial score (nSPS) is 9.50. The molecule has 1 rings (SSSR count). The highest BCUT2D eigenvalue weighted by molar-refractivity contribution is 5.85. The maximum atomic E-state index is 11.6. The van der Waals surface area contributed by atoms with Crippen LogP contribution in [0.4, 0.5) is 14.5 Å². The SMILES string of the molecule is Cl.Nc1cnn(C(F)F)c1. The minimum atomic E-state index is -2.60. The molecule has 0 radical (unpaired) electrons. The number of hydrogen-bond donors (Lipinski definition) is 1. The molecule has 0 unspecified atom stereocenters. The molecule has 1 aromatic rings. The molecule has 0 aliphatic carbocycles. The van der Waals surface area contributed by atoms with E-state index in [9.17, 15) is 8.78 Å². The van der Waals surface area contributed by atoms with Gasteiger partial charge in [-0.05, 0) is 0 Å². The van der Waals surface area contributed by atoms with E-state index in [0.717, 1.165) is 6.20 Å². The number of aromatic nitrogens is 2. The fraction of sp³-hybridized carbons (Fsp3) is 0.250. The summed E-state index contributed by atoms with van der Waals surface area (Å²) in [4.78, 5) is 0. The second-order valence-electron chi connectivity index (χ2n) is 1.53. The van der Waals surface area contributed by atoms with Crippen molar-refractivity contribution in [2.24, 2.45) is 0 Å². The molecule has 0 amide bonds. The van der Waals surface area contributed by atoms with Crippen LogP contribution in [0.2, 0.25) is 0 Å². The predicted octanol–water partition coefficient (Wildman–Crippen LogP) is 1.28. The van der Waals surface area contributed by atoms with Crippen LogP contribution >= 0.6 is 12.4 Å². The van der Waals surface area contributed by atoms with E-state index in [1.807, 2.05) is 0 Å². The first-order chi connectivity index (χ1) is 4.20. The molecule has 1 aromatic heterocycles. The van der Waals surface area contributed by atoms with Gasteiger partial charge in [-0.15, -0.1) is 12.4 Å². The third-order valence-electron chi connectivity index (χ3n) is 0.821. The van der Waals surface area contributed by atoms with Gasteiger partial charge in [0.05, 0.1) is 18.1 Å². The molecule has 0 aliphatic heterocycles. The van der Waals surface area contributed by atoms with Crippen molar-refractivity contribution in [3.8, 4) is 0 Å². The zero-order valence-corrected chi connectivity index (χ0v) is 5.68. The van der Waals surface area contributed by atoms with Crippen molar-refractivity contribution in [2.45, 2.75) is 6.55 Å². The van der Waals surface area contributed by atoms with Crippen LogP contribution in [0.1, 0.15) is 6.55 Å². The van der Waals surface area contributed by atoms with Gasteiger partial charge in [-0.3, -0.25) is 0 Å². The van der Waals surface area contributed by atoms with Crippen LogP contribution in [0.5, 0.6) is 0 Å². The van der Waals surface area contributed by atoms with Crippen LogP contribution < -0.4 is 5.73 Å². The van der Waals surface area contributed by atoms with Crippen LogP contribution in [0.15, 0.2) is 12.4 Å². The summed E-state index contributed by atoms with van der Waals surface area (Å²) in [6.07, 6.45) is 2.25. The number of alkyl halides is 2. The molecule has 0 spiro atoms. The Kier molecular flexibility index (Phi) is 3.08. The van der Waals surface area contributed by atoms with E-state index >= 15 is 0 Å². The summed E-state index contributed by atoms with van der Waals surface area (Å²) < 4.78 is 23.7. The maximum absolute atomic E-state index is 11.6. The Labute approximate surface area is 62.2 Å². The highest BCUT2D eigenvalue weighted by Gasteiger charge is 2.04. The number of nitrogens with zero attached hydrogens (tertiary/aromatic N) is 2. The zero-order valence-electron chi connectivity index (χ0n) is 4.87. The summed E-state index contributed by atoms with van der Waals surface area (Å²) in [7, 11) is 0. The van der Waals surface area contributed by atoms with Gasteiger partial charge in [0.1, 0.15) is 0 Å². The Morgan fingerprint density at radius 2 is 2.20 bits per heavy atom. The third kappa shape index (κ3) is 1.84. The summed E-state index contributed by atoms with van der Waals surface area (Å²) >= 11 is 0. The minimum absolute atomic E-state index is 0. The first kappa shape index (κ1) is 9.16. The molecule has 0 fully saturated rings. The van der Waals surface area contributed by atoms with E-state index in [1.165, 1.54) is 6.20 Å². The monoisotopic (exact) mass is 169 g/mol. The lowest BCUT2D eigenvalue weighted by Gasteiger charge is -1.93.